The van der Waals surface area contributed by atoms with Gasteiger partial charge in [0, 0.05) is 18.8 Å². The van der Waals surface area contributed by atoms with E-state index < -0.39 is 17.8 Å². The Morgan fingerprint density at radius 2 is 1.88 bits per heavy atom. The smallest absolute Gasteiger partial charge is 0.351 e. The van der Waals surface area contributed by atoms with Crippen LogP contribution < -0.4 is 10.6 Å². The molecule has 0 saturated heterocycles. The van der Waals surface area contributed by atoms with E-state index in [1.807, 2.05) is 0 Å². The molecule has 25 heavy (non-hydrogen) atoms. The molecular formula is C17H18F3N3OS. The van der Waals surface area contributed by atoms with Crippen LogP contribution in [0.4, 0.5) is 13.2 Å². The van der Waals surface area contributed by atoms with Gasteiger partial charge in [-0.3, -0.25) is 4.79 Å². The van der Waals surface area contributed by atoms with E-state index in [9.17, 15) is 18.0 Å². The van der Waals surface area contributed by atoms with Gasteiger partial charge in [0.2, 0.25) is 0 Å². The van der Waals surface area contributed by atoms with Gasteiger partial charge in [-0.05, 0) is 49.7 Å². The molecular weight excluding hydrogens is 351 g/mol. The second-order valence-electron chi connectivity index (χ2n) is 6.31. The molecule has 3 rings (SSSR count). The van der Waals surface area contributed by atoms with Gasteiger partial charge in [-0.15, -0.1) is 0 Å². The van der Waals surface area contributed by atoms with Crippen LogP contribution in [0.3, 0.4) is 0 Å². The molecule has 0 unspecified atom stereocenters. The quantitative estimate of drug-likeness (QED) is 0.804. The van der Waals surface area contributed by atoms with Crippen molar-refractivity contribution in [3.05, 3.63) is 46.7 Å². The second-order valence-corrected chi connectivity index (χ2v) is 6.69. The molecule has 0 radical (unpaired) electrons. The number of carbonyl (C=O) groups excluding carboxylic acids is 1. The molecule has 1 aliphatic carbocycles. The molecule has 1 aliphatic heterocycles. The summed E-state index contributed by atoms with van der Waals surface area (Å²) in [6.07, 6.45) is -2.50. The van der Waals surface area contributed by atoms with Crippen LogP contribution in [0.5, 0.6) is 0 Å². The monoisotopic (exact) mass is 369 g/mol. The Hall–Kier alpha value is -2.09. The normalized spacial score (nSPS) is 21.2. The van der Waals surface area contributed by atoms with Crippen molar-refractivity contribution >= 4 is 23.2 Å². The number of nitrogens with zero attached hydrogens (tertiary/aromatic N) is 1. The van der Waals surface area contributed by atoms with Crippen LogP contribution in [-0.2, 0) is 11.0 Å². The van der Waals surface area contributed by atoms with Gasteiger partial charge in [0.1, 0.15) is 0 Å². The summed E-state index contributed by atoms with van der Waals surface area (Å²) in [5.41, 5.74) is 0.995. The third-order valence-corrected chi connectivity index (χ3v) is 4.87. The fraction of sp³-hybridized carbons (Fsp3) is 0.412. The highest BCUT2D eigenvalue weighted by Gasteiger charge is 2.36. The molecule has 1 aromatic rings. The Balaban J connectivity index is 1.96. The molecule has 0 spiro atoms. The summed E-state index contributed by atoms with van der Waals surface area (Å²) >= 11 is 5.28. The highest BCUT2D eigenvalue weighted by atomic mass is 32.1. The van der Waals surface area contributed by atoms with E-state index in [2.05, 4.69) is 10.6 Å². The minimum Gasteiger partial charge on any atom is -0.351 e. The molecule has 1 saturated carbocycles. The van der Waals surface area contributed by atoms with Gasteiger partial charge in [0.25, 0.3) is 5.91 Å². The number of amides is 1. The number of hydrogen-bond acceptors (Lipinski definition) is 2. The number of carbonyl (C=O) groups is 1. The van der Waals surface area contributed by atoms with Crippen LogP contribution in [0.1, 0.15) is 36.9 Å². The first-order valence-electron chi connectivity index (χ1n) is 7.91. The Morgan fingerprint density at radius 3 is 2.40 bits per heavy atom. The average Bonchev–Trinajstić information content (AvgIpc) is 3.35. The lowest BCUT2D eigenvalue weighted by molar-refractivity contribution is -0.137. The van der Waals surface area contributed by atoms with E-state index in [-0.39, 0.29) is 11.9 Å². The first kappa shape index (κ1) is 17.7. The summed E-state index contributed by atoms with van der Waals surface area (Å²) in [5, 5.41) is 6.41. The molecule has 1 aromatic carbocycles. The summed E-state index contributed by atoms with van der Waals surface area (Å²) in [6, 6.07) is 4.40. The van der Waals surface area contributed by atoms with Crippen molar-refractivity contribution in [2.45, 2.75) is 38.0 Å². The number of halogens is 3. The highest BCUT2D eigenvalue weighted by Crippen LogP contribution is 2.34. The van der Waals surface area contributed by atoms with Gasteiger partial charge in [-0.2, -0.15) is 13.2 Å². The topological polar surface area (TPSA) is 44.4 Å². The minimum absolute atomic E-state index is 0.181. The number of hydrogen-bond donors (Lipinski definition) is 2. The van der Waals surface area contributed by atoms with E-state index in [4.69, 9.17) is 12.2 Å². The number of alkyl halides is 3. The summed E-state index contributed by atoms with van der Waals surface area (Å²) in [7, 11) is 1.75. The lowest BCUT2D eigenvalue weighted by Crippen LogP contribution is -2.47. The fourth-order valence-electron chi connectivity index (χ4n) is 2.74. The first-order chi connectivity index (χ1) is 11.7. The first-order valence-corrected chi connectivity index (χ1v) is 8.32. The van der Waals surface area contributed by atoms with Crippen molar-refractivity contribution in [3.63, 3.8) is 0 Å². The number of benzene rings is 1. The van der Waals surface area contributed by atoms with Crippen molar-refractivity contribution < 1.29 is 18.0 Å². The highest BCUT2D eigenvalue weighted by molar-refractivity contribution is 7.80. The molecule has 1 fully saturated rings. The molecule has 0 aromatic heterocycles. The van der Waals surface area contributed by atoms with Crippen molar-refractivity contribution in [2.24, 2.45) is 0 Å². The Labute approximate surface area is 149 Å². The molecule has 2 N–H and O–H groups in total. The maximum atomic E-state index is 12.8. The predicted octanol–water partition coefficient (Wildman–Crippen LogP) is 3.12. The van der Waals surface area contributed by atoms with Crippen LogP contribution in [0.2, 0.25) is 0 Å². The molecule has 1 heterocycles. The maximum Gasteiger partial charge on any atom is 0.416 e. The molecule has 1 atom stereocenters. The maximum absolute atomic E-state index is 12.8. The predicted molar refractivity (Wildman–Crippen MR) is 91.5 cm³/mol. The molecule has 134 valence electrons. The molecule has 2 aliphatic rings. The standard InChI is InChI=1S/C17H18F3N3OS/c1-9-13(15(24)21-12-7-8-12)14(22-16(25)23(9)2)10-3-5-11(6-4-10)17(18,19)20/h3-6,12,14H,7-8H2,1-2H3,(H,21,24)(H,22,25)/t14-/m0/s1. The Kier molecular flexibility index (Phi) is 4.49. The van der Waals surface area contributed by atoms with Crippen molar-refractivity contribution in [1.29, 1.82) is 0 Å². The van der Waals surface area contributed by atoms with Crippen LogP contribution >= 0.6 is 12.2 Å². The van der Waals surface area contributed by atoms with Crippen molar-refractivity contribution in [1.82, 2.24) is 15.5 Å². The van der Waals surface area contributed by atoms with Gasteiger partial charge in [-0.25, -0.2) is 0 Å². The SMILES string of the molecule is CC1=C(C(=O)NC2CC2)[C@H](c2ccc(C(F)(F)F)cc2)NC(=S)N1C. The zero-order valence-corrected chi connectivity index (χ0v) is 14.6. The minimum atomic E-state index is -4.40. The second kappa shape index (κ2) is 6.33. The molecule has 1 amide bonds. The number of allylic oxidation sites excluding steroid dienone is 1. The molecule has 0 bridgehead atoms. The number of thiocarbonyl (C=S) groups is 1. The van der Waals surface area contributed by atoms with E-state index in [0.717, 1.165) is 25.0 Å². The third kappa shape index (κ3) is 3.63. The van der Waals surface area contributed by atoms with E-state index >= 15 is 0 Å². The molecule has 8 heteroatoms. The third-order valence-electron chi connectivity index (χ3n) is 4.48. The Bertz CT molecular complexity index is 739. The summed E-state index contributed by atoms with van der Waals surface area (Å²) in [4.78, 5) is 14.4. The van der Waals surface area contributed by atoms with Gasteiger partial charge in [0.05, 0.1) is 17.2 Å². The van der Waals surface area contributed by atoms with Gasteiger partial charge in [0.15, 0.2) is 5.11 Å². The van der Waals surface area contributed by atoms with E-state index in [1.54, 1.807) is 18.9 Å². The van der Waals surface area contributed by atoms with Crippen LogP contribution in [-0.4, -0.2) is 29.0 Å². The van der Waals surface area contributed by atoms with Crippen molar-refractivity contribution in [2.75, 3.05) is 7.05 Å². The summed E-state index contributed by atoms with van der Waals surface area (Å²) < 4.78 is 38.3. The lowest BCUT2D eigenvalue weighted by Gasteiger charge is -2.36. The largest absolute Gasteiger partial charge is 0.416 e. The summed E-state index contributed by atoms with van der Waals surface area (Å²) in [5.74, 6) is -0.216. The zero-order chi connectivity index (χ0) is 18.4. The average molecular weight is 369 g/mol. The van der Waals surface area contributed by atoms with Gasteiger partial charge in [-0.1, -0.05) is 12.1 Å². The van der Waals surface area contributed by atoms with E-state index in [0.29, 0.717) is 21.9 Å². The van der Waals surface area contributed by atoms with Gasteiger partial charge >= 0.3 is 6.18 Å². The van der Waals surface area contributed by atoms with Gasteiger partial charge < -0.3 is 15.5 Å². The van der Waals surface area contributed by atoms with Crippen LogP contribution in [0, 0.1) is 0 Å². The fourth-order valence-corrected chi connectivity index (χ4v) is 2.99. The van der Waals surface area contributed by atoms with Crippen LogP contribution in [0.15, 0.2) is 35.5 Å². The number of rotatable bonds is 3. The van der Waals surface area contributed by atoms with Crippen molar-refractivity contribution in [3.8, 4) is 0 Å². The Morgan fingerprint density at radius 1 is 1.28 bits per heavy atom. The molecule has 4 nitrogen and oxygen atoms in total. The summed E-state index contributed by atoms with van der Waals surface area (Å²) in [6.45, 7) is 1.78. The number of nitrogens with one attached hydrogen (secondary N) is 2. The lowest BCUT2D eigenvalue weighted by atomic mass is 9.93. The van der Waals surface area contributed by atoms with Crippen LogP contribution in [0.25, 0.3) is 0 Å². The zero-order valence-electron chi connectivity index (χ0n) is 13.8. The van der Waals surface area contributed by atoms with E-state index in [1.165, 1.54) is 12.1 Å².